The van der Waals surface area contributed by atoms with Crippen molar-refractivity contribution in [2.45, 2.75) is 19.8 Å². The average molecular weight is 392 g/mol. The molecule has 0 bridgehead atoms. The number of aromatic hydroxyl groups is 1. The lowest BCUT2D eigenvalue weighted by molar-refractivity contribution is -0.126. The predicted molar refractivity (Wildman–Crippen MR) is 98.6 cm³/mol. The van der Waals surface area contributed by atoms with E-state index in [1.54, 1.807) is 12.1 Å². The van der Waals surface area contributed by atoms with Crippen LogP contribution in [0.5, 0.6) is 5.75 Å². The van der Waals surface area contributed by atoms with E-state index in [-0.39, 0.29) is 36.4 Å². The highest BCUT2D eigenvalue weighted by Crippen LogP contribution is 2.27. The fourth-order valence-electron chi connectivity index (χ4n) is 2.60. The van der Waals surface area contributed by atoms with E-state index in [4.69, 9.17) is 9.90 Å². The first-order valence-corrected chi connectivity index (χ1v) is 9.00. The molecule has 0 spiro atoms. The molecule has 9 nitrogen and oxygen atoms in total. The van der Waals surface area contributed by atoms with E-state index in [1.807, 2.05) is 19.1 Å². The first-order chi connectivity index (χ1) is 12.9. The van der Waals surface area contributed by atoms with Crippen molar-refractivity contribution in [3.05, 3.63) is 34.8 Å². The third-order valence-electron chi connectivity index (χ3n) is 3.89. The Morgan fingerprint density at radius 3 is 2.63 bits per heavy atom. The number of amides is 2. The zero-order valence-corrected chi connectivity index (χ0v) is 15.5. The SMILES string of the molecule is Cc1nnc(N2CC(C(=O)NCCc3ccc(O)cc3)CC2=O)s1.O=CO. The molecule has 1 aliphatic rings. The summed E-state index contributed by atoms with van der Waals surface area (Å²) in [6.07, 6.45) is 0.871. The predicted octanol–water partition coefficient (Wildman–Crippen LogP) is 0.965. The Bertz CT molecular complexity index is 793. The zero-order chi connectivity index (χ0) is 19.8. The summed E-state index contributed by atoms with van der Waals surface area (Å²) in [7, 11) is 0. The number of aryl methyl sites for hydroxylation is 1. The average Bonchev–Trinajstić information content (AvgIpc) is 3.23. The molecular formula is C17H20N4O5S. The molecule has 144 valence electrons. The van der Waals surface area contributed by atoms with Gasteiger partial charge in [-0.05, 0) is 31.0 Å². The summed E-state index contributed by atoms with van der Waals surface area (Å²) in [4.78, 5) is 34.2. The van der Waals surface area contributed by atoms with Gasteiger partial charge in [-0.1, -0.05) is 23.5 Å². The van der Waals surface area contributed by atoms with Crippen LogP contribution in [0.1, 0.15) is 17.0 Å². The minimum Gasteiger partial charge on any atom is -0.508 e. The van der Waals surface area contributed by atoms with Crippen LogP contribution < -0.4 is 10.2 Å². The molecule has 1 aromatic heterocycles. The molecule has 1 fully saturated rings. The third kappa shape index (κ3) is 5.74. The number of nitrogens with zero attached hydrogens (tertiary/aromatic N) is 3. The number of phenols is 1. The van der Waals surface area contributed by atoms with Crippen LogP contribution >= 0.6 is 11.3 Å². The van der Waals surface area contributed by atoms with Crippen LogP contribution in [-0.4, -0.2) is 51.8 Å². The number of nitrogens with one attached hydrogen (secondary N) is 1. The molecule has 3 rings (SSSR count). The van der Waals surface area contributed by atoms with Crippen molar-refractivity contribution in [2.24, 2.45) is 5.92 Å². The van der Waals surface area contributed by atoms with E-state index in [0.29, 0.717) is 24.6 Å². The number of phenolic OH excluding ortho intramolecular Hbond substituents is 1. The molecule has 2 heterocycles. The topological polar surface area (TPSA) is 133 Å². The first-order valence-electron chi connectivity index (χ1n) is 8.18. The third-order valence-corrected chi connectivity index (χ3v) is 4.75. The highest BCUT2D eigenvalue weighted by Gasteiger charge is 2.36. The van der Waals surface area contributed by atoms with Gasteiger partial charge in [-0.2, -0.15) is 0 Å². The fourth-order valence-corrected chi connectivity index (χ4v) is 3.31. The summed E-state index contributed by atoms with van der Waals surface area (Å²) in [6, 6.07) is 6.88. The second kappa shape index (κ2) is 9.62. The molecule has 1 saturated heterocycles. The van der Waals surface area contributed by atoms with Crippen molar-refractivity contribution in [1.82, 2.24) is 15.5 Å². The van der Waals surface area contributed by atoms with Gasteiger partial charge in [0.1, 0.15) is 10.8 Å². The van der Waals surface area contributed by atoms with Gasteiger partial charge < -0.3 is 15.5 Å². The summed E-state index contributed by atoms with van der Waals surface area (Å²) in [6.45, 7) is 2.42. The largest absolute Gasteiger partial charge is 0.508 e. The lowest BCUT2D eigenvalue weighted by atomic mass is 10.1. The minimum atomic E-state index is -0.360. The van der Waals surface area contributed by atoms with Crippen LogP contribution in [0.3, 0.4) is 0 Å². The molecule has 0 aliphatic carbocycles. The van der Waals surface area contributed by atoms with Gasteiger partial charge in [-0.15, -0.1) is 10.2 Å². The zero-order valence-electron chi connectivity index (χ0n) is 14.7. The van der Waals surface area contributed by atoms with Gasteiger partial charge in [-0.25, -0.2) is 0 Å². The first kappa shape index (κ1) is 20.3. The summed E-state index contributed by atoms with van der Waals surface area (Å²) in [5.74, 6) is -0.350. The van der Waals surface area contributed by atoms with Crippen LogP contribution in [0, 0.1) is 12.8 Å². The number of carbonyl (C=O) groups is 3. The van der Waals surface area contributed by atoms with Crippen LogP contribution in [0.15, 0.2) is 24.3 Å². The van der Waals surface area contributed by atoms with Crippen LogP contribution in [0.25, 0.3) is 0 Å². The maximum absolute atomic E-state index is 12.3. The van der Waals surface area contributed by atoms with E-state index >= 15 is 0 Å². The van der Waals surface area contributed by atoms with Gasteiger partial charge >= 0.3 is 0 Å². The molecule has 1 aromatic carbocycles. The highest BCUT2D eigenvalue weighted by atomic mass is 32.1. The molecule has 0 radical (unpaired) electrons. The number of carbonyl (C=O) groups excluding carboxylic acids is 2. The van der Waals surface area contributed by atoms with Crippen molar-refractivity contribution < 1.29 is 24.6 Å². The number of aromatic nitrogens is 2. The molecule has 2 aromatic rings. The Balaban J connectivity index is 0.000000817. The molecular weight excluding hydrogens is 372 g/mol. The Kier molecular flexibility index (Phi) is 7.24. The number of rotatable bonds is 5. The van der Waals surface area contributed by atoms with E-state index < -0.39 is 0 Å². The molecule has 0 saturated carbocycles. The monoisotopic (exact) mass is 392 g/mol. The molecule has 10 heteroatoms. The van der Waals surface area contributed by atoms with Gasteiger partial charge in [0.15, 0.2) is 0 Å². The molecule has 27 heavy (non-hydrogen) atoms. The Morgan fingerprint density at radius 1 is 1.37 bits per heavy atom. The quantitative estimate of drug-likeness (QED) is 0.646. The van der Waals surface area contributed by atoms with E-state index in [2.05, 4.69) is 15.5 Å². The Hall–Kier alpha value is -3.01. The fraction of sp³-hybridized carbons (Fsp3) is 0.353. The molecule has 3 N–H and O–H groups in total. The lowest BCUT2D eigenvalue weighted by Gasteiger charge is -2.12. The summed E-state index contributed by atoms with van der Waals surface area (Å²) in [5, 5.41) is 28.2. The van der Waals surface area contributed by atoms with Gasteiger partial charge in [0.2, 0.25) is 16.9 Å². The lowest BCUT2D eigenvalue weighted by Crippen LogP contribution is -2.34. The molecule has 2 amide bonds. The standard InChI is InChI=1S/C16H18N4O3S.CH2O2/c1-10-18-19-16(24-10)20-9-12(8-14(20)22)15(23)17-7-6-11-2-4-13(21)5-3-11;2-1-3/h2-5,12,21H,6-9H2,1H3,(H,17,23);1H,(H,2,3). The second-order valence-corrected chi connectivity index (χ2v) is 6.98. The Morgan fingerprint density at radius 2 is 2.04 bits per heavy atom. The van der Waals surface area contributed by atoms with Crippen molar-refractivity contribution in [3.8, 4) is 5.75 Å². The number of anilines is 1. The Labute approximate surface area is 159 Å². The van der Waals surface area contributed by atoms with E-state index in [0.717, 1.165) is 10.6 Å². The van der Waals surface area contributed by atoms with Gasteiger partial charge in [-0.3, -0.25) is 19.3 Å². The van der Waals surface area contributed by atoms with Crippen LogP contribution in [0.2, 0.25) is 0 Å². The smallest absolute Gasteiger partial charge is 0.290 e. The van der Waals surface area contributed by atoms with Crippen molar-refractivity contribution in [2.75, 3.05) is 18.0 Å². The number of hydrogen-bond donors (Lipinski definition) is 3. The van der Waals surface area contributed by atoms with Gasteiger partial charge in [0.25, 0.3) is 6.47 Å². The second-order valence-electron chi connectivity index (χ2n) is 5.82. The summed E-state index contributed by atoms with van der Waals surface area (Å²) < 4.78 is 0. The highest BCUT2D eigenvalue weighted by molar-refractivity contribution is 7.15. The maximum atomic E-state index is 12.3. The number of hydrogen-bond acceptors (Lipinski definition) is 7. The van der Waals surface area contributed by atoms with Crippen LogP contribution in [0.4, 0.5) is 5.13 Å². The molecule has 1 unspecified atom stereocenters. The summed E-state index contributed by atoms with van der Waals surface area (Å²) >= 11 is 1.35. The van der Waals surface area contributed by atoms with E-state index in [1.165, 1.54) is 16.2 Å². The number of carboxylic acid groups (broad SMARTS) is 1. The normalized spacial score (nSPS) is 15.8. The van der Waals surface area contributed by atoms with Crippen LogP contribution in [-0.2, 0) is 20.8 Å². The maximum Gasteiger partial charge on any atom is 0.290 e. The summed E-state index contributed by atoms with van der Waals surface area (Å²) in [5.41, 5.74) is 1.03. The van der Waals surface area contributed by atoms with Gasteiger partial charge in [0, 0.05) is 19.5 Å². The van der Waals surface area contributed by atoms with Crippen molar-refractivity contribution >= 4 is 34.8 Å². The molecule has 1 atom stereocenters. The number of benzene rings is 1. The van der Waals surface area contributed by atoms with Crippen molar-refractivity contribution in [1.29, 1.82) is 0 Å². The van der Waals surface area contributed by atoms with Gasteiger partial charge in [0.05, 0.1) is 5.92 Å². The minimum absolute atomic E-state index is 0.0927. The van der Waals surface area contributed by atoms with E-state index in [9.17, 15) is 14.7 Å². The molecule has 1 aliphatic heterocycles. The van der Waals surface area contributed by atoms with Crippen molar-refractivity contribution in [3.63, 3.8) is 0 Å².